The summed E-state index contributed by atoms with van der Waals surface area (Å²) in [6, 6.07) is 0.195. The molecule has 0 atom stereocenters. The summed E-state index contributed by atoms with van der Waals surface area (Å²) in [5, 5.41) is 3.54. The first kappa shape index (κ1) is 18.8. The first-order chi connectivity index (χ1) is 11.6. The van der Waals surface area contributed by atoms with Gasteiger partial charge in [-0.3, -0.25) is 14.5 Å². The van der Waals surface area contributed by atoms with Crippen molar-refractivity contribution in [2.45, 2.75) is 57.9 Å². The zero-order chi connectivity index (χ0) is 17.4. The molecule has 7 heteroatoms. The van der Waals surface area contributed by atoms with E-state index in [-0.39, 0.29) is 36.8 Å². The number of thioether (sulfide) groups is 1. The third-order valence-corrected chi connectivity index (χ3v) is 5.24. The molecule has 2 fully saturated rings. The summed E-state index contributed by atoms with van der Waals surface area (Å²) >= 11 is 1.26. The lowest BCUT2D eigenvalue weighted by Crippen LogP contribution is -2.42. The van der Waals surface area contributed by atoms with Crippen molar-refractivity contribution in [3.05, 3.63) is 11.1 Å². The minimum absolute atomic E-state index is 0.0342. The SMILES string of the molecule is CCOC(=O)/C=C1\SCC(=O)N1CC(=O)NC1CCCCCCC1. The number of rotatable bonds is 5. The second-order valence-corrected chi connectivity index (χ2v) is 7.11. The molecule has 0 aromatic heterocycles. The van der Waals surface area contributed by atoms with E-state index in [1.54, 1.807) is 6.92 Å². The Morgan fingerprint density at radius 3 is 2.58 bits per heavy atom. The second-order valence-electron chi connectivity index (χ2n) is 6.11. The molecule has 0 aromatic rings. The maximum Gasteiger partial charge on any atom is 0.333 e. The fraction of sp³-hybridized carbons (Fsp3) is 0.706. The highest BCUT2D eigenvalue weighted by Gasteiger charge is 2.29. The molecule has 1 saturated carbocycles. The standard InChI is InChI=1S/C17H26N2O4S/c1-2-23-17(22)10-16-19(15(21)12-24-16)11-14(20)18-13-8-6-4-3-5-7-9-13/h10,13H,2-9,11-12H2,1H3,(H,18,20)/b16-10-. The van der Waals surface area contributed by atoms with Crippen LogP contribution in [-0.2, 0) is 19.1 Å². The molecule has 1 saturated heterocycles. The number of nitrogens with zero attached hydrogens (tertiary/aromatic N) is 1. The van der Waals surface area contributed by atoms with Crippen molar-refractivity contribution in [1.82, 2.24) is 10.2 Å². The molecule has 0 spiro atoms. The van der Waals surface area contributed by atoms with Crippen LogP contribution in [0.5, 0.6) is 0 Å². The Kier molecular flexibility index (Phi) is 7.62. The van der Waals surface area contributed by atoms with Crippen molar-refractivity contribution in [3.63, 3.8) is 0 Å². The van der Waals surface area contributed by atoms with Gasteiger partial charge < -0.3 is 10.1 Å². The Morgan fingerprint density at radius 1 is 1.25 bits per heavy atom. The maximum atomic E-state index is 12.3. The minimum Gasteiger partial charge on any atom is -0.463 e. The van der Waals surface area contributed by atoms with Gasteiger partial charge in [0.1, 0.15) is 6.54 Å². The molecule has 1 N–H and O–H groups in total. The Labute approximate surface area is 147 Å². The Hall–Kier alpha value is -1.50. The van der Waals surface area contributed by atoms with Crippen LogP contribution in [0.1, 0.15) is 51.9 Å². The molecule has 0 bridgehead atoms. The normalized spacial score (nSPS) is 21.5. The lowest BCUT2D eigenvalue weighted by atomic mass is 9.97. The van der Waals surface area contributed by atoms with Crippen LogP contribution in [0.15, 0.2) is 11.1 Å². The van der Waals surface area contributed by atoms with Gasteiger partial charge in [-0.05, 0) is 19.8 Å². The number of carbonyl (C=O) groups is 3. The van der Waals surface area contributed by atoms with Crippen molar-refractivity contribution in [2.75, 3.05) is 18.9 Å². The number of esters is 1. The van der Waals surface area contributed by atoms with Gasteiger partial charge in [-0.1, -0.05) is 43.9 Å². The van der Waals surface area contributed by atoms with Gasteiger partial charge in [0, 0.05) is 6.04 Å². The van der Waals surface area contributed by atoms with E-state index in [0.29, 0.717) is 5.03 Å². The summed E-state index contributed by atoms with van der Waals surface area (Å²) in [6.07, 6.45) is 9.29. The van der Waals surface area contributed by atoms with Crippen LogP contribution in [-0.4, -0.2) is 47.6 Å². The van der Waals surface area contributed by atoms with Crippen molar-refractivity contribution in [1.29, 1.82) is 0 Å². The number of ether oxygens (including phenoxy) is 1. The molecule has 1 aliphatic carbocycles. The van der Waals surface area contributed by atoms with Crippen LogP contribution < -0.4 is 5.32 Å². The zero-order valence-electron chi connectivity index (χ0n) is 14.2. The Bertz CT molecular complexity index is 499. The summed E-state index contributed by atoms with van der Waals surface area (Å²) in [6.45, 7) is 1.97. The molecule has 1 heterocycles. The van der Waals surface area contributed by atoms with Crippen LogP contribution >= 0.6 is 11.8 Å². The molecule has 2 rings (SSSR count). The second kappa shape index (κ2) is 9.71. The van der Waals surface area contributed by atoms with E-state index in [2.05, 4.69) is 5.32 Å². The highest BCUT2D eigenvalue weighted by Crippen LogP contribution is 2.28. The molecule has 0 unspecified atom stereocenters. The van der Waals surface area contributed by atoms with E-state index in [1.807, 2.05) is 0 Å². The first-order valence-electron chi connectivity index (χ1n) is 8.71. The smallest absolute Gasteiger partial charge is 0.333 e. The molecular formula is C17H26N2O4S. The van der Waals surface area contributed by atoms with Crippen molar-refractivity contribution in [2.24, 2.45) is 0 Å². The molecule has 0 radical (unpaired) electrons. The van der Waals surface area contributed by atoms with Gasteiger partial charge in [-0.15, -0.1) is 0 Å². The van der Waals surface area contributed by atoms with Crippen LogP contribution in [0.4, 0.5) is 0 Å². The summed E-state index contributed by atoms with van der Waals surface area (Å²) in [5.74, 6) is -0.545. The molecule has 2 aliphatic rings. The molecule has 1 aliphatic heterocycles. The van der Waals surface area contributed by atoms with E-state index in [0.717, 1.165) is 25.7 Å². The number of carbonyl (C=O) groups excluding carboxylic acids is 3. The van der Waals surface area contributed by atoms with E-state index in [4.69, 9.17) is 4.74 Å². The van der Waals surface area contributed by atoms with Crippen LogP contribution in [0.25, 0.3) is 0 Å². The predicted molar refractivity (Wildman–Crippen MR) is 93.1 cm³/mol. The lowest BCUT2D eigenvalue weighted by Gasteiger charge is -2.23. The number of hydrogen-bond donors (Lipinski definition) is 1. The zero-order valence-corrected chi connectivity index (χ0v) is 15.0. The van der Waals surface area contributed by atoms with Crippen molar-refractivity contribution in [3.8, 4) is 0 Å². The highest BCUT2D eigenvalue weighted by atomic mass is 32.2. The van der Waals surface area contributed by atoms with Gasteiger partial charge in [0.2, 0.25) is 11.8 Å². The summed E-state index contributed by atoms with van der Waals surface area (Å²) in [7, 11) is 0. The van der Waals surface area contributed by atoms with Gasteiger partial charge >= 0.3 is 5.97 Å². The van der Waals surface area contributed by atoms with Crippen molar-refractivity contribution >= 4 is 29.5 Å². The topological polar surface area (TPSA) is 75.7 Å². The van der Waals surface area contributed by atoms with Gasteiger partial charge in [-0.25, -0.2) is 4.79 Å². The molecule has 24 heavy (non-hydrogen) atoms. The Morgan fingerprint density at radius 2 is 1.92 bits per heavy atom. The Balaban J connectivity index is 1.90. The molecular weight excluding hydrogens is 328 g/mol. The van der Waals surface area contributed by atoms with Gasteiger partial charge in [0.05, 0.1) is 23.5 Å². The van der Waals surface area contributed by atoms with Crippen molar-refractivity contribution < 1.29 is 19.1 Å². The van der Waals surface area contributed by atoms with E-state index >= 15 is 0 Å². The van der Waals surface area contributed by atoms with Crippen LogP contribution in [0.3, 0.4) is 0 Å². The lowest BCUT2D eigenvalue weighted by molar-refractivity contribution is -0.137. The number of hydrogen-bond acceptors (Lipinski definition) is 5. The average Bonchev–Trinajstić information content (AvgIpc) is 2.83. The van der Waals surface area contributed by atoms with Gasteiger partial charge in [-0.2, -0.15) is 0 Å². The molecule has 134 valence electrons. The minimum atomic E-state index is -0.486. The third kappa shape index (κ3) is 5.85. The molecule has 6 nitrogen and oxygen atoms in total. The number of amides is 2. The van der Waals surface area contributed by atoms with Gasteiger partial charge in [0.15, 0.2) is 0 Å². The molecule has 0 aromatic carbocycles. The van der Waals surface area contributed by atoms with E-state index < -0.39 is 5.97 Å². The fourth-order valence-corrected chi connectivity index (χ4v) is 3.93. The summed E-state index contributed by atoms with van der Waals surface area (Å²) in [4.78, 5) is 37.2. The van der Waals surface area contributed by atoms with Crippen LogP contribution in [0, 0.1) is 0 Å². The fourth-order valence-electron chi connectivity index (χ4n) is 3.00. The quantitative estimate of drug-likeness (QED) is 0.605. The van der Waals surface area contributed by atoms with E-state index in [1.165, 1.54) is 42.0 Å². The maximum absolute atomic E-state index is 12.3. The largest absolute Gasteiger partial charge is 0.463 e. The number of nitrogens with one attached hydrogen (secondary N) is 1. The third-order valence-electron chi connectivity index (χ3n) is 4.21. The monoisotopic (exact) mass is 354 g/mol. The predicted octanol–water partition coefficient (Wildman–Crippen LogP) is 2.20. The van der Waals surface area contributed by atoms with Gasteiger partial charge in [0.25, 0.3) is 0 Å². The summed E-state index contributed by atoms with van der Waals surface area (Å²) < 4.78 is 4.87. The molecule has 2 amide bonds. The summed E-state index contributed by atoms with van der Waals surface area (Å²) in [5.41, 5.74) is 0. The highest BCUT2D eigenvalue weighted by molar-refractivity contribution is 8.04. The first-order valence-corrected chi connectivity index (χ1v) is 9.69. The van der Waals surface area contributed by atoms with Crippen LogP contribution in [0.2, 0.25) is 0 Å². The average molecular weight is 354 g/mol. The van der Waals surface area contributed by atoms with E-state index in [9.17, 15) is 14.4 Å².